The number of hydrogen-bond acceptors (Lipinski definition) is 14. The molecule has 4 bridgehead atoms. The van der Waals surface area contributed by atoms with Gasteiger partial charge in [-0.25, -0.2) is 4.79 Å². The van der Waals surface area contributed by atoms with Crippen LogP contribution in [0.3, 0.4) is 0 Å². The number of hydrogen-bond donors (Lipinski definition) is 5. The highest BCUT2D eigenvalue weighted by Gasteiger charge is 2.96. The molecule has 7 heterocycles. The van der Waals surface area contributed by atoms with E-state index in [1.165, 1.54) is 5.56 Å². The van der Waals surface area contributed by atoms with Gasteiger partial charge in [-0.1, -0.05) is 74.4 Å². The Morgan fingerprint density at radius 2 is 1.75 bits per heavy atom. The molecule has 80 heavy (non-hydrogen) atoms. The minimum atomic E-state index is -1.59. The molecule has 6 aliphatic heterocycles. The largest absolute Gasteiger partial charge is 0.469 e. The van der Waals surface area contributed by atoms with Gasteiger partial charge in [-0.05, 0) is 168 Å². The molecule has 15 rings (SSSR count). The van der Waals surface area contributed by atoms with Crippen LogP contribution in [0.4, 0.5) is 0 Å². The first-order chi connectivity index (χ1) is 38.7. The van der Waals surface area contributed by atoms with Crippen molar-refractivity contribution in [3.63, 3.8) is 0 Å². The highest BCUT2D eigenvalue weighted by atomic mass is 16.7. The fourth-order valence-corrected chi connectivity index (χ4v) is 22.5. The lowest BCUT2D eigenvalue weighted by Gasteiger charge is -2.72. The monoisotopic (exact) mass is 1100 g/mol. The molecule has 5 saturated heterocycles. The fourth-order valence-electron chi connectivity index (χ4n) is 22.5. The Bertz CT molecular complexity index is 2890. The van der Waals surface area contributed by atoms with Crippen LogP contribution in [0, 0.1) is 98.6 Å². The molecule has 0 radical (unpaired) electrons. The summed E-state index contributed by atoms with van der Waals surface area (Å²) in [7, 11) is 0. The molecule has 0 amide bonds. The Hall–Kier alpha value is -4.07. The number of nitrogens with zero attached hydrogens (tertiary/aromatic N) is 1. The lowest BCUT2D eigenvalue weighted by Crippen LogP contribution is -2.82. The Morgan fingerprint density at radius 1 is 0.912 bits per heavy atom. The molecule has 22 unspecified atom stereocenters. The van der Waals surface area contributed by atoms with Crippen LogP contribution in [0.2, 0.25) is 0 Å². The maximum absolute atomic E-state index is 17.0. The molecular formula is C66H84N2O12. The van der Waals surface area contributed by atoms with Crippen LogP contribution in [-0.2, 0) is 51.8 Å². The van der Waals surface area contributed by atoms with E-state index in [2.05, 4.69) is 72.4 Å². The number of aliphatic hydroxyl groups is 4. The van der Waals surface area contributed by atoms with Gasteiger partial charge in [0.05, 0.1) is 55.1 Å². The SMILES string of the molecule is CC1(C2CCCCC2)OC2C3(CCC(CO)C3)C(=O)OCC23C1C(=O)C(O)C12C4CC(Cc5ccccc5)CCC4C#CCC4(c5ccoc5CC(C(O)CO)C5CCC6C(C=CN7CNCC67)C5)OC(=O)C5OC51C4(C)CCC32. The molecule has 22 atom stereocenters. The zero-order valence-electron chi connectivity index (χ0n) is 46.9. The van der Waals surface area contributed by atoms with E-state index in [1.54, 1.807) is 6.26 Å². The lowest BCUT2D eigenvalue weighted by atomic mass is 9.30. The van der Waals surface area contributed by atoms with Gasteiger partial charge in [0.25, 0.3) is 0 Å². The van der Waals surface area contributed by atoms with E-state index in [-0.39, 0.29) is 66.9 Å². The van der Waals surface area contributed by atoms with Crippen LogP contribution in [0.5, 0.6) is 0 Å². The third-order valence-electron chi connectivity index (χ3n) is 25.8. The number of cyclic esters (lactones) is 1. The van der Waals surface area contributed by atoms with Crippen molar-refractivity contribution < 1.29 is 58.2 Å². The Morgan fingerprint density at radius 3 is 2.55 bits per heavy atom. The van der Waals surface area contributed by atoms with Crippen molar-refractivity contribution in [2.45, 2.75) is 183 Å². The molecule has 7 aliphatic carbocycles. The molecule has 14 nitrogen and oxygen atoms in total. The van der Waals surface area contributed by atoms with Gasteiger partial charge in [0.1, 0.15) is 24.1 Å². The van der Waals surface area contributed by atoms with Gasteiger partial charge in [-0.15, -0.1) is 0 Å². The maximum Gasteiger partial charge on any atom is 0.339 e. The van der Waals surface area contributed by atoms with Crippen molar-refractivity contribution in [2.75, 3.05) is 33.0 Å². The number of Topliss-reactive ketones (excluding diaryl/α,β-unsaturated/α-hetero) is 1. The molecule has 13 aliphatic rings. The van der Waals surface area contributed by atoms with Gasteiger partial charge in [-0.3, -0.25) is 14.9 Å². The smallest absolute Gasteiger partial charge is 0.339 e. The number of nitrogens with one attached hydrogen (secondary N) is 1. The van der Waals surface area contributed by atoms with Gasteiger partial charge < -0.3 is 48.7 Å². The lowest BCUT2D eigenvalue weighted by molar-refractivity contribution is -0.301. The highest BCUT2D eigenvalue weighted by molar-refractivity contribution is 5.93. The van der Waals surface area contributed by atoms with Crippen molar-refractivity contribution in [2.24, 2.45) is 86.8 Å². The molecule has 14 heteroatoms. The summed E-state index contributed by atoms with van der Waals surface area (Å²) in [6.45, 7) is 5.60. The van der Waals surface area contributed by atoms with Crippen LogP contribution >= 0.6 is 0 Å². The van der Waals surface area contributed by atoms with Crippen molar-refractivity contribution in [1.82, 2.24) is 10.2 Å². The molecule has 5 N–H and O–H groups in total. The first kappa shape index (κ1) is 52.7. The van der Waals surface area contributed by atoms with E-state index < -0.39 is 93.2 Å². The summed E-state index contributed by atoms with van der Waals surface area (Å²) in [6, 6.07) is 12.9. The third kappa shape index (κ3) is 6.77. The van der Waals surface area contributed by atoms with E-state index in [0.717, 1.165) is 83.8 Å². The predicted molar refractivity (Wildman–Crippen MR) is 291 cm³/mol. The van der Waals surface area contributed by atoms with Crippen molar-refractivity contribution >= 4 is 17.7 Å². The Kier molecular flexibility index (Phi) is 12.3. The second kappa shape index (κ2) is 18.7. The van der Waals surface area contributed by atoms with Gasteiger partial charge >= 0.3 is 11.9 Å². The summed E-state index contributed by atoms with van der Waals surface area (Å²) < 4.78 is 35.9. The average molecular weight is 1100 g/mol. The fraction of sp³-hybridized carbons (Fsp3) is 0.742. The number of carbonyl (C=O) groups excluding carboxylic acids is 3. The molecule has 4 spiro atoms. The second-order valence-corrected chi connectivity index (χ2v) is 28.6. The number of ether oxygens (including phenoxy) is 4. The van der Waals surface area contributed by atoms with Crippen molar-refractivity contribution in [3.05, 3.63) is 71.8 Å². The molecule has 6 saturated carbocycles. The number of esters is 2. The summed E-state index contributed by atoms with van der Waals surface area (Å²) in [5.41, 5.74) is -6.86. The van der Waals surface area contributed by atoms with Gasteiger partial charge in [0, 0.05) is 53.3 Å². The standard InChI is InChI=1S/C66H84N2O12/c1-60-24-20-52-63-36-77-59(75)62(25-19-40(32-62)34-69)58(63)80-61(2,44-13-7-4-8-14-44)54(63)53(72)55(73)65(52)48-29-39(28-38-10-5-3-6-11-38)15-16-41(48)12-9-23-64(60,79-57(74)56-66(60,65)78-56)47-22-27-76-51(47)31-46(50(71)35-70)42-17-18-45-43(30-42)21-26-68-37-67-33-49(45)68/h3,5-6,10-11,21-22,26-27,39-46,48-50,52,54-56,58,67,69-71,73H,4,7-8,13-20,23-25,28-37H2,1-2H3. The average Bonchev–Trinajstić information content (AvgIpc) is 3.26. The molecule has 11 fully saturated rings. The number of carbonyl (C=O) groups is 3. The molecule has 1 aromatic carbocycles. The zero-order chi connectivity index (χ0) is 54.8. The number of allylic oxidation sites excluding steroid dienone is 1. The molecule has 1 aromatic heterocycles. The van der Waals surface area contributed by atoms with E-state index in [4.69, 9.17) is 23.4 Å². The Balaban J connectivity index is 0.903. The second-order valence-electron chi connectivity index (χ2n) is 28.6. The van der Waals surface area contributed by atoms with Crippen molar-refractivity contribution in [3.8, 4) is 11.8 Å². The predicted octanol–water partition coefficient (Wildman–Crippen LogP) is 7.18. The number of fused-ring (bicyclic) bond motifs is 5. The molecule has 2 aromatic rings. The quantitative estimate of drug-likeness (QED) is 0.0911. The summed E-state index contributed by atoms with van der Waals surface area (Å²) >= 11 is 0. The number of furan rings is 1. The van der Waals surface area contributed by atoms with Crippen LogP contribution in [0.15, 0.2) is 59.4 Å². The van der Waals surface area contributed by atoms with E-state index in [9.17, 15) is 20.4 Å². The summed E-state index contributed by atoms with van der Waals surface area (Å²) in [4.78, 5) is 50.1. The summed E-state index contributed by atoms with van der Waals surface area (Å²) in [6.07, 6.45) is 15.3. The minimum absolute atomic E-state index is 0.00581. The number of epoxide rings is 1. The maximum atomic E-state index is 17.0. The van der Waals surface area contributed by atoms with E-state index in [0.29, 0.717) is 74.1 Å². The number of ketones is 1. The highest BCUT2D eigenvalue weighted by Crippen LogP contribution is 2.85. The Labute approximate surface area is 470 Å². The van der Waals surface area contributed by atoms with Gasteiger partial charge in [0.15, 0.2) is 17.5 Å². The topological polar surface area (TPSA) is 201 Å². The minimum Gasteiger partial charge on any atom is -0.469 e. The zero-order valence-corrected chi connectivity index (χ0v) is 46.9. The van der Waals surface area contributed by atoms with Gasteiger partial charge in [-0.2, -0.15) is 0 Å². The van der Waals surface area contributed by atoms with Crippen LogP contribution in [-0.4, -0.2) is 118 Å². The normalized spacial score (nSPS) is 48.5. The van der Waals surface area contributed by atoms with E-state index in [1.807, 2.05) is 12.1 Å². The third-order valence-corrected chi connectivity index (χ3v) is 25.8. The first-order valence-corrected chi connectivity index (χ1v) is 31.4. The molecular weight excluding hydrogens is 1010 g/mol. The number of aliphatic hydroxyl groups excluding tert-OH is 4. The summed E-state index contributed by atoms with van der Waals surface area (Å²) in [5.74, 6) is 5.53. The van der Waals surface area contributed by atoms with Crippen molar-refractivity contribution in [1.29, 1.82) is 0 Å². The molecule has 430 valence electrons. The van der Waals surface area contributed by atoms with Crippen LogP contribution in [0.25, 0.3) is 0 Å². The van der Waals surface area contributed by atoms with Crippen LogP contribution in [0.1, 0.15) is 140 Å². The first-order valence-electron chi connectivity index (χ1n) is 31.4. The number of rotatable bonds is 10. The van der Waals surface area contributed by atoms with E-state index >= 15 is 14.4 Å². The van der Waals surface area contributed by atoms with Crippen LogP contribution < -0.4 is 5.32 Å². The summed E-state index contributed by atoms with van der Waals surface area (Å²) in [5, 5.41) is 51.5. The number of benzene rings is 1. The van der Waals surface area contributed by atoms with Gasteiger partial charge in [0.2, 0.25) is 0 Å².